The molecule has 184 valence electrons. The second-order valence-corrected chi connectivity index (χ2v) is 11.9. The van der Waals surface area contributed by atoms with Crippen LogP contribution >= 0.6 is 50.5 Å². The van der Waals surface area contributed by atoms with Gasteiger partial charge in [-0.1, -0.05) is 86.9 Å². The Labute approximate surface area is 236 Å². The molecule has 0 fully saturated rings. The van der Waals surface area contributed by atoms with E-state index in [2.05, 4.69) is 22.0 Å². The first-order valence-electron chi connectivity index (χ1n) is 12.0. The Balaban J connectivity index is 1.57. The summed E-state index contributed by atoms with van der Waals surface area (Å²) in [4.78, 5) is 19.7. The highest BCUT2D eigenvalue weighted by atomic mass is 79.9. The van der Waals surface area contributed by atoms with E-state index in [0.717, 1.165) is 46.1 Å². The van der Waals surface area contributed by atoms with E-state index in [4.69, 9.17) is 28.2 Å². The molecule has 0 saturated carbocycles. The number of hydrogen-bond donors (Lipinski definition) is 0. The summed E-state index contributed by atoms with van der Waals surface area (Å²) in [5, 5.41) is 1.39. The Morgan fingerprint density at radius 1 is 0.919 bits per heavy atom. The van der Waals surface area contributed by atoms with E-state index >= 15 is 0 Å². The molecule has 0 amide bonds. The number of fused-ring (bicyclic) bond motifs is 1. The maximum Gasteiger partial charge on any atom is 0.271 e. The van der Waals surface area contributed by atoms with Gasteiger partial charge in [0.15, 0.2) is 4.80 Å². The molecule has 0 saturated heterocycles. The lowest BCUT2D eigenvalue weighted by atomic mass is 9.84. The van der Waals surface area contributed by atoms with Gasteiger partial charge in [-0.15, -0.1) is 0 Å². The SMILES string of the molecule is O=c1/c(=C\c2cccc(Br)c2)sc2n1C(c1ccc(Cl)cc1)C1=C(N=2)/C(=C/c2ccc(Cl)cc2)CCC1. The van der Waals surface area contributed by atoms with Gasteiger partial charge < -0.3 is 0 Å². The summed E-state index contributed by atoms with van der Waals surface area (Å²) < 4.78 is 3.50. The van der Waals surface area contributed by atoms with Crippen LogP contribution in [-0.4, -0.2) is 4.57 Å². The molecule has 2 aliphatic rings. The molecule has 4 aromatic rings. The highest BCUT2D eigenvalue weighted by Gasteiger charge is 2.32. The molecule has 0 bridgehead atoms. The third-order valence-corrected chi connectivity index (χ3v) is 8.66. The van der Waals surface area contributed by atoms with E-state index in [1.807, 2.05) is 83.4 Å². The van der Waals surface area contributed by atoms with Crippen molar-refractivity contribution >= 4 is 62.6 Å². The van der Waals surface area contributed by atoms with Gasteiger partial charge in [0.05, 0.1) is 16.3 Å². The van der Waals surface area contributed by atoms with Crippen molar-refractivity contribution in [2.45, 2.75) is 25.3 Å². The number of thiazole rings is 1. The minimum absolute atomic E-state index is 0.0240. The first-order chi connectivity index (χ1) is 18.0. The summed E-state index contributed by atoms with van der Waals surface area (Å²) in [5.41, 5.74) is 6.43. The quantitative estimate of drug-likeness (QED) is 0.237. The minimum atomic E-state index is -0.220. The lowest BCUT2D eigenvalue weighted by molar-refractivity contribution is 0.553. The van der Waals surface area contributed by atoms with Crippen LogP contribution in [0.1, 0.15) is 42.0 Å². The number of benzene rings is 3. The molecule has 1 atom stereocenters. The van der Waals surface area contributed by atoms with Gasteiger partial charge >= 0.3 is 0 Å². The Bertz CT molecular complexity index is 1750. The van der Waals surface area contributed by atoms with Crippen molar-refractivity contribution in [1.29, 1.82) is 0 Å². The van der Waals surface area contributed by atoms with Gasteiger partial charge in [0.25, 0.3) is 5.56 Å². The molecule has 3 nitrogen and oxygen atoms in total. The molecule has 1 aliphatic heterocycles. The van der Waals surface area contributed by atoms with Crippen molar-refractivity contribution in [2.24, 2.45) is 4.99 Å². The highest BCUT2D eigenvalue weighted by molar-refractivity contribution is 9.10. The molecule has 0 radical (unpaired) electrons. The molecule has 1 aliphatic carbocycles. The predicted molar refractivity (Wildman–Crippen MR) is 157 cm³/mol. The number of allylic oxidation sites excluding steroid dienone is 2. The average Bonchev–Trinajstić information content (AvgIpc) is 3.19. The lowest BCUT2D eigenvalue weighted by Gasteiger charge is -2.31. The Morgan fingerprint density at radius 3 is 2.38 bits per heavy atom. The predicted octanol–water partition coefficient (Wildman–Crippen LogP) is 7.55. The first kappa shape index (κ1) is 24.6. The zero-order chi connectivity index (χ0) is 25.5. The van der Waals surface area contributed by atoms with Crippen LogP contribution < -0.4 is 14.9 Å². The van der Waals surface area contributed by atoms with Crippen molar-refractivity contribution < 1.29 is 0 Å². The van der Waals surface area contributed by atoms with Crippen LogP contribution in [-0.2, 0) is 0 Å². The van der Waals surface area contributed by atoms with Gasteiger partial charge in [-0.2, -0.15) is 0 Å². The van der Waals surface area contributed by atoms with E-state index < -0.39 is 0 Å². The van der Waals surface area contributed by atoms with E-state index in [9.17, 15) is 4.79 Å². The van der Waals surface area contributed by atoms with E-state index in [1.165, 1.54) is 22.5 Å². The van der Waals surface area contributed by atoms with Crippen LogP contribution in [0.2, 0.25) is 10.0 Å². The Hall–Kier alpha value is -2.70. The molecule has 0 N–H and O–H groups in total. The maximum atomic E-state index is 13.8. The monoisotopic (exact) mass is 606 g/mol. The third kappa shape index (κ3) is 4.94. The van der Waals surface area contributed by atoms with Crippen molar-refractivity contribution in [3.8, 4) is 0 Å². The van der Waals surface area contributed by atoms with Crippen LogP contribution in [0.5, 0.6) is 0 Å². The fourth-order valence-corrected chi connectivity index (χ4v) is 6.68. The molecule has 6 rings (SSSR count). The summed E-state index contributed by atoms with van der Waals surface area (Å²) in [6.07, 6.45) is 6.97. The number of hydrogen-bond acceptors (Lipinski definition) is 3. The minimum Gasteiger partial charge on any atom is -0.272 e. The molecule has 1 unspecified atom stereocenters. The molecule has 0 spiro atoms. The van der Waals surface area contributed by atoms with Crippen LogP contribution in [0.15, 0.2) is 104 Å². The van der Waals surface area contributed by atoms with E-state index in [1.54, 1.807) is 0 Å². The standard InChI is InChI=1S/C30H21BrCl2N2OS/c31-22-5-1-3-19(16-22)17-26-29(36)35-28(20-9-13-24(33)14-10-20)25-6-2-4-21(27(25)34-30(35)37-26)15-18-7-11-23(32)12-8-18/h1,3,5,7-17,28H,2,4,6H2/b21-15+,26-17+. The van der Waals surface area contributed by atoms with Gasteiger partial charge in [-0.3, -0.25) is 9.36 Å². The largest absolute Gasteiger partial charge is 0.272 e. The molecular weight excluding hydrogens is 587 g/mol. The van der Waals surface area contributed by atoms with Crippen molar-refractivity contribution in [3.63, 3.8) is 0 Å². The van der Waals surface area contributed by atoms with Crippen molar-refractivity contribution in [2.75, 3.05) is 0 Å². The Kier molecular flexibility index (Phi) is 6.80. The van der Waals surface area contributed by atoms with Gasteiger partial charge in [-0.05, 0) is 95.6 Å². The fraction of sp³-hybridized carbons (Fsp3) is 0.133. The average molecular weight is 608 g/mol. The van der Waals surface area contributed by atoms with Crippen LogP contribution in [0, 0.1) is 0 Å². The summed E-state index contributed by atoms with van der Waals surface area (Å²) in [7, 11) is 0. The van der Waals surface area contributed by atoms with Gasteiger partial charge in [-0.25, -0.2) is 4.99 Å². The maximum absolute atomic E-state index is 13.8. The molecular formula is C30H21BrCl2N2OS. The van der Waals surface area contributed by atoms with Crippen LogP contribution in [0.3, 0.4) is 0 Å². The topological polar surface area (TPSA) is 34.4 Å². The number of halogens is 3. The van der Waals surface area contributed by atoms with Gasteiger partial charge in [0.1, 0.15) is 0 Å². The normalized spacial score (nSPS) is 18.5. The zero-order valence-corrected chi connectivity index (χ0v) is 23.5. The molecule has 7 heteroatoms. The lowest BCUT2D eigenvalue weighted by Crippen LogP contribution is -2.39. The molecule has 1 aromatic heterocycles. The van der Waals surface area contributed by atoms with E-state index in [0.29, 0.717) is 19.4 Å². The summed E-state index contributed by atoms with van der Waals surface area (Å²) >= 11 is 17.3. The summed E-state index contributed by atoms with van der Waals surface area (Å²) in [5.74, 6) is 0. The van der Waals surface area contributed by atoms with Crippen LogP contribution in [0.25, 0.3) is 12.2 Å². The first-order valence-corrected chi connectivity index (χ1v) is 14.4. The van der Waals surface area contributed by atoms with Crippen molar-refractivity contribution in [1.82, 2.24) is 4.57 Å². The number of aromatic nitrogens is 1. The zero-order valence-electron chi connectivity index (χ0n) is 19.6. The second-order valence-electron chi connectivity index (χ2n) is 9.14. The molecule has 3 aromatic carbocycles. The second kappa shape index (κ2) is 10.2. The Morgan fingerprint density at radius 2 is 1.65 bits per heavy atom. The fourth-order valence-electron chi connectivity index (χ4n) is 5.01. The number of rotatable bonds is 3. The van der Waals surface area contributed by atoms with E-state index in [-0.39, 0.29) is 11.6 Å². The van der Waals surface area contributed by atoms with Crippen LogP contribution in [0.4, 0.5) is 0 Å². The van der Waals surface area contributed by atoms with Crippen molar-refractivity contribution in [3.05, 3.63) is 141 Å². The molecule has 2 heterocycles. The molecule has 37 heavy (non-hydrogen) atoms. The summed E-state index contributed by atoms with van der Waals surface area (Å²) in [6.45, 7) is 0. The van der Waals surface area contributed by atoms with Gasteiger partial charge in [0, 0.05) is 14.5 Å². The highest BCUT2D eigenvalue weighted by Crippen LogP contribution is 2.41. The van der Waals surface area contributed by atoms with Gasteiger partial charge in [0.2, 0.25) is 0 Å². The third-order valence-electron chi connectivity index (χ3n) is 6.68. The summed E-state index contributed by atoms with van der Waals surface area (Å²) in [6, 6.07) is 23.4. The smallest absolute Gasteiger partial charge is 0.271 e. The number of nitrogens with zero attached hydrogens (tertiary/aromatic N) is 2.